The topological polar surface area (TPSA) is 92.9 Å². The number of rotatable bonds is 4. The lowest BCUT2D eigenvalue weighted by Gasteiger charge is -2.34. The molecule has 146 valence electrons. The summed E-state index contributed by atoms with van der Waals surface area (Å²) in [5, 5.41) is 17.9. The van der Waals surface area contributed by atoms with Gasteiger partial charge in [-0.15, -0.1) is 0 Å². The third-order valence-electron chi connectivity index (χ3n) is 4.93. The second kappa shape index (κ2) is 7.76. The van der Waals surface area contributed by atoms with Crippen LogP contribution in [0.2, 0.25) is 0 Å². The third-order valence-corrected chi connectivity index (χ3v) is 4.93. The van der Waals surface area contributed by atoms with E-state index in [1.807, 2.05) is 40.0 Å². The van der Waals surface area contributed by atoms with Crippen LogP contribution in [0.1, 0.15) is 58.2 Å². The second-order valence-corrected chi connectivity index (χ2v) is 8.65. The number of hydrogen-bond donors (Lipinski definition) is 2. The number of aromatic nitrogens is 4. The van der Waals surface area contributed by atoms with Gasteiger partial charge in [0, 0.05) is 37.3 Å². The minimum Gasteiger partial charge on any atom is -0.391 e. The van der Waals surface area contributed by atoms with E-state index >= 15 is 0 Å². The molecule has 1 aliphatic rings. The molecule has 27 heavy (non-hydrogen) atoms. The van der Waals surface area contributed by atoms with Gasteiger partial charge in [-0.05, 0) is 36.8 Å². The Morgan fingerprint density at radius 2 is 2.15 bits per heavy atom. The molecule has 0 unspecified atom stereocenters. The van der Waals surface area contributed by atoms with Gasteiger partial charge in [0.15, 0.2) is 5.82 Å². The molecule has 7 heteroatoms. The van der Waals surface area contributed by atoms with Crippen molar-refractivity contribution in [2.45, 2.75) is 64.5 Å². The highest BCUT2D eigenvalue weighted by Gasteiger charge is 2.34. The first-order valence-corrected chi connectivity index (χ1v) is 9.52. The number of nitrogens with one attached hydrogen (secondary N) is 1. The molecule has 2 N–H and O–H groups in total. The smallest absolute Gasteiger partial charge is 0.220 e. The lowest BCUT2D eigenvalue weighted by atomic mass is 9.82. The van der Waals surface area contributed by atoms with Crippen LogP contribution in [0.4, 0.5) is 0 Å². The molecule has 0 spiro atoms. The number of amides is 1. The SMILES string of the molecule is Cn1nc(-c2cccnc2)nc1[C@H]1CC[C@@H](O)[C@H](NC(=O)CC(C)(C)C)C1. The van der Waals surface area contributed by atoms with Crippen LogP contribution in [0.3, 0.4) is 0 Å². The van der Waals surface area contributed by atoms with Crippen molar-refractivity contribution in [3.8, 4) is 11.4 Å². The maximum Gasteiger partial charge on any atom is 0.220 e. The van der Waals surface area contributed by atoms with Crippen LogP contribution in [0.25, 0.3) is 11.4 Å². The van der Waals surface area contributed by atoms with Gasteiger partial charge < -0.3 is 10.4 Å². The lowest BCUT2D eigenvalue weighted by molar-refractivity contribution is -0.124. The normalized spacial score (nSPS) is 23.2. The molecule has 0 saturated heterocycles. The highest BCUT2D eigenvalue weighted by atomic mass is 16.3. The van der Waals surface area contributed by atoms with Gasteiger partial charge in [0.2, 0.25) is 5.91 Å². The molecule has 0 radical (unpaired) electrons. The van der Waals surface area contributed by atoms with Crippen molar-refractivity contribution >= 4 is 5.91 Å². The van der Waals surface area contributed by atoms with Crippen LogP contribution in [-0.4, -0.2) is 42.9 Å². The first kappa shape index (κ1) is 19.5. The van der Waals surface area contributed by atoms with E-state index in [9.17, 15) is 9.90 Å². The van der Waals surface area contributed by atoms with Gasteiger partial charge in [0.1, 0.15) is 5.82 Å². The zero-order valence-corrected chi connectivity index (χ0v) is 16.5. The fourth-order valence-electron chi connectivity index (χ4n) is 3.65. The summed E-state index contributed by atoms with van der Waals surface area (Å²) in [7, 11) is 1.89. The van der Waals surface area contributed by atoms with E-state index in [4.69, 9.17) is 4.98 Å². The predicted molar refractivity (Wildman–Crippen MR) is 103 cm³/mol. The lowest BCUT2D eigenvalue weighted by Crippen LogP contribution is -2.47. The maximum atomic E-state index is 12.3. The number of hydrogen-bond acceptors (Lipinski definition) is 5. The summed E-state index contributed by atoms with van der Waals surface area (Å²) >= 11 is 0. The number of carbonyl (C=O) groups excluding carboxylic acids is 1. The molecular weight excluding hydrogens is 342 g/mol. The molecule has 1 fully saturated rings. The molecule has 0 bridgehead atoms. The first-order valence-electron chi connectivity index (χ1n) is 9.52. The van der Waals surface area contributed by atoms with Crippen molar-refractivity contribution in [2.24, 2.45) is 12.5 Å². The Balaban J connectivity index is 1.72. The molecule has 1 aliphatic carbocycles. The number of pyridine rings is 1. The number of aliphatic hydroxyl groups excluding tert-OH is 1. The fourth-order valence-corrected chi connectivity index (χ4v) is 3.65. The van der Waals surface area contributed by atoms with Gasteiger partial charge in [-0.25, -0.2) is 4.98 Å². The third kappa shape index (κ3) is 4.91. The molecule has 0 aliphatic heterocycles. The Labute approximate surface area is 160 Å². The largest absolute Gasteiger partial charge is 0.391 e. The minimum atomic E-state index is -0.517. The minimum absolute atomic E-state index is 0.0128. The summed E-state index contributed by atoms with van der Waals surface area (Å²) in [6, 6.07) is 3.55. The van der Waals surface area contributed by atoms with Gasteiger partial charge in [-0.3, -0.25) is 14.5 Å². The molecule has 3 atom stereocenters. The highest BCUT2D eigenvalue weighted by Crippen LogP contribution is 2.33. The van der Waals surface area contributed by atoms with Crippen molar-refractivity contribution < 1.29 is 9.90 Å². The van der Waals surface area contributed by atoms with Gasteiger partial charge in [0.05, 0.1) is 12.1 Å². The molecular formula is C20H29N5O2. The van der Waals surface area contributed by atoms with Crippen LogP contribution >= 0.6 is 0 Å². The van der Waals surface area contributed by atoms with Crippen LogP contribution in [0, 0.1) is 5.41 Å². The van der Waals surface area contributed by atoms with E-state index in [2.05, 4.69) is 15.4 Å². The van der Waals surface area contributed by atoms with Crippen molar-refractivity contribution in [3.63, 3.8) is 0 Å². The predicted octanol–water partition coefficient (Wildman–Crippen LogP) is 2.43. The standard InChI is InChI=1S/C20H29N5O2/c1-20(2,3)11-17(27)22-15-10-13(7-8-16(15)26)19-23-18(24-25(19)4)14-6-5-9-21-12-14/h5-6,9,12-13,15-16,26H,7-8,10-11H2,1-4H3,(H,22,27)/t13-,15+,16+/m0/s1. The Morgan fingerprint density at radius 3 is 2.81 bits per heavy atom. The van der Waals surface area contributed by atoms with Crippen LogP contribution in [0.15, 0.2) is 24.5 Å². The monoisotopic (exact) mass is 371 g/mol. The van der Waals surface area contributed by atoms with Crippen molar-refractivity contribution in [1.82, 2.24) is 25.1 Å². The Morgan fingerprint density at radius 1 is 1.37 bits per heavy atom. The molecule has 0 aromatic carbocycles. The number of aryl methyl sites for hydroxylation is 1. The summed E-state index contributed by atoms with van der Waals surface area (Å²) in [6.07, 6.45) is 5.52. The molecule has 3 rings (SSSR count). The quantitative estimate of drug-likeness (QED) is 0.861. The molecule has 2 heterocycles. The van der Waals surface area contributed by atoms with E-state index in [-0.39, 0.29) is 23.3 Å². The summed E-state index contributed by atoms with van der Waals surface area (Å²) in [5.41, 5.74) is 0.802. The Kier molecular flexibility index (Phi) is 5.60. The van der Waals surface area contributed by atoms with Crippen LogP contribution in [-0.2, 0) is 11.8 Å². The van der Waals surface area contributed by atoms with E-state index < -0.39 is 6.10 Å². The summed E-state index contributed by atoms with van der Waals surface area (Å²) in [5.74, 6) is 1.67. The maximum absolute atomic E-state index is 12.3. The van der Waals surface area contributed by atoms with Crippen molar-refractivity contribution in [2.75, 3.05) is 0 Å². The van der Waals surface area contributed by atoms with Gasteiger partial charge >= 0.3 is 0 Å². The fraction of sp³-hybridized carbons (Fsp3) is 0.600. The molecule has 7 nitrogen and oxygen atoms in total. The molecule has 1 amide bonds. The van der Waals surface area contributed by atoms with E-state index in [1.54, 1.807) is 17.1 Å². The van der Waals surface area contributed by atoms with Gasteiger partial charge in [0.25, 0.3) is 0 Å². The summed E-state index contributed by atoms with van der Waals surface area (Å²) < 4.78 is 1.80. The summed E-state index contributed by atoms with van der Waals surface area (Å²) in [4.78, 5) is 21.2. The first-order chi connectivity index (χ1) is 12.7. The van der Waals surface area contributed by atoms with Gasteiger partial charge in [-0.1, -0.05) is 20.8 Å². The molecule has 1 saturated carbocycles. The number of carbonyl (C=O) groups is 1. The number of aliphatic hydroxyl groups is 1. The number of nitrogens with zero attached hydrogens (tertiary/aromatic N) is 4. The van der Waals surface area contributed by atoms with Crippen molar-refractivity contribution in [1.29, 1.82) is 0 Å². The Bertz CT molecular complexity index is 781. The van der Waals surface area contributed by atoms with Gasteiger partial charge in [-0.2, -0.15) is 5.10 Å². The van der Waals surface area contributed by atoms with Crippen LogP contribution < -0.4 is 5.32 Å². The van der Waals surface area contributed by atoms with E-state index in [1.165, 1.54) is 0 Å². The van der Waals surface area contributed by atoms with Crippen molar-refractivity contribution in [3.05, 3.63) is 30.4 Å². The Hall–Kier alpha value is -2.28. The van der Waals surface area contributed by atoms with E-state index in [0.29, 0.717) is 25.1 Å². The van der Waals surface area contributed by atoms with E-state index in [0.717, 1.165) is 17.8 Å². The molecule has 2 aromatic rings. The molecule has 2 aromatic heterocycles. The zero-order valence-electron chi connectivity index (χ0n) is 16.5. The van der Waals surface area contributed by atoms with Crippen LogP contribution in [0.5, 0.6) is 0 Å². The second-order valence-electron chi connectivity index (χ2n) is 8.65. The zero-order chi connectivity index (χ0) is 19.6. The highest BCUT2D eigenvalue weighted by molar-refractivity contribution is 5.77. The summed E-state index contributed by atoms with van der Waals surface area (Å²) in [6.45, 7) is 6.10. The average molecular weight is 371 g/mol. The average Bonchev–Trinajstić information content (AvgIpc) is 2.98.